The SMILES string of the molecule is CCc1cnc(N2CCC(NC(C)(C)C)CC2)nc1. The van der Waals surface area contributed by atoms with Crippen LogP contribution in [0.4, 0.5) is 5.95 Å². The van der Waals surface area contributed by atoms with Crippen LogP contribution in [0.1, 0.15) is 46.1 Å². The van der Waals surface area contributed by atoms with Crippen molar-refractivity contribution in [2.75, 3.05) is 18.0 Å². The van der Waals surface area contributed by atoms with Gasteiger partial charge in [-0.1, -0.05) is 6.92 Å². The number of anilines is 1. The lowest BCUT2D eigenvalue weighted by Gasteiger charge is -2.36. The van der Waals surface area contributed by atoms with E-state index in [0.29, 0.717) is 6.04 Å². The highest BCUT2D eigenvalue weighted by Gasteiger charge is 2.23. The predicted molar refractivity (Wildman–Crippen MR) is 79.5 cm³/mol. The van der Waals surface area contributed by atoms with Crippen LogP contribution in [-0.4, -0.2) is 34.6 Å². The number of aromatic nitrogens is 2. The van der Waals surface area contributed by atoms with Gasteiger partial charge in [-0.2, -0.15) is 0 Å². The summed E-state index contributed by atoms with van der Waals surface area (Å²) < 4.78 is 0. The van der Waals surface area contributed by atoms with Gasteiger partial charge in [-0.3, -0.25) is 0 Å². The minimum absolute atomic E-state index is 0.201. The molecule has 4 nitrogen and oxygen atoms in total. The van der Waals surface area contributed by atoms with Crippen LogP contribution in [0.3, 0.4) is 0 Å². The molecule has 1 saturated heterocycles. The molecule has 0 aliphatic carbocycles. The molecule has 0 radical (unpaired) electrons. The molecule has 106 valence electrons. The molecule has 19 heavy (non-hydrogen) atoms. The normalized spacial score (nSPS) is 17.8. The second-order valence-corrected chi connectivity index (χ2v) is 6.40. The molecule has 0 bridgehead atoms. The third-order valence-corrected chi connectivity index (χ3v) is 3.51. The zero-order valence-corrected chi connectivity index (χ0v) is 12.6. The van der Waals surface area contributed by atoms with E-state index < -0.39 is 0 Å². The standard InChI is InChI=1S/C15H26N4/c1-5-12-10-16-14(17-11-12)19-8-6-13(7-9-19)18-15(2,3)4/h10-11,13,18H,5-9H2,1-4H3. The summed E-state index contributed by atoms with van der Waals surface area (Å²) >= 11 is 0. The van der Waals surface area contributed by atoms with E-state index in [1.165, 1.54) is 5.56 Å². The fraction of sp³-hybridized carbons (Fsp3) is 0.733. The second kappa shape index (κ2) is 5.87. The van der Waals surface area contributed by atoms with Gasteiger partial charge in [0, 0.05) is 37.1 Å². The molecule has 0 amide bonds. The van der Waals surface area contributed by atoms with E-state index >= 15 is 0 Å². The molecule has 1 aliphatic heterocycles. The summed E-state index contributed by atoms with van der Waals surface area (Å²) in [6.45, 7) is 10.9. The third kappa shape index (κ3) is 4.16. The monoisotopic (exact) mass is 262 g/mol. The van der Waals surface area contributed by atoms with Crippen molar-refractivity contribution in [3.63, 3.8) is 0 Å². The molecular formula is C15H26N4. The highest BCUT2D eigenvalue weighted by Crippen LogP contribution is 2.17. The molecule has 1 N–H and O–H groups in total. The first-order chi connectivity index (χ1) is 8.98. The van der Waals surface area contributed by atoms with Crippen molar-refractivity contribution in [2.24, 2.45) is 0 Å². The van der Waals surface area contributed by atoms with Crippen LogP contribution in [0.15, 0.2) is 12.4 Å². The summed E-state index contributed by atoms with van der Waals surface area (Å²) in [7, 11) is 0. The Kier molecular flexibility index (Phi) is 4.40. The number of nitrogens with zero attached hydrogens (tertiary/aromatic N) is 3. The van der Waals surface area contributed by atoms with Crippen LogP contribution in [0.25, 0.3) is 0 Å². The first kappa shape index (κ1) is 14.3. The minimum atomic E-state index is 0.201. The molecular weight excluding hydrogens is 236 g/mol. The van der Waals surface area contributed by atoms with Crippen molar-refractivity contribution in [3.8, 4) is 0 Å². The maximum atomic E-state index is 4.47. The van der Waals surface area contributed by atoms with E-state index in [-0.39, 0.29) is 5.54 Å². The first-order valence-corrected chi connectivity index (χ1v) is 7.31. The maximum Gasteiger partial charge on any atom is 0.225 e. The topological polar surface area (TPSA) is 41.1 Å². The second-order valence-electron chi connectivity index (χ2n) is 6.40. The Bertz CT molecular complexity index is 386. The molecule has 1 aromatic heterocycles. The van der Waals surface area contributed by atoms with Gasteiger partial charge >= 0.3 is 0 Å². The average Bonchev–Trinajstić information content (AvgIpc) is 2.38. The molecule has 0 aromatic carbocycles. The first-order valence-electron chi connectivity index (χ1n) is 7.31. The molecule has 4 heteroatoms. The average molecular weight is 262 g/mol. The fourth-order valence-electron chi connectivity index (χ4n) is 2.53. The zero-order valence-electron chi connectivity index (χ0n) is 12.6. The lowest BCUT2D eigenvalue weighted by Crippen LogP contribution is -2.49. The number of piperidine rings is 1. The van der Waals surface area contributed by atoms with Gasteiger partial charge in [0.15, 0.2) is 0 Å². The number of hydrogen-bond acceptors (Lipinski definition) is 4. The molecule has 0 atom stereocenters. The summed E-state index contributed by atoms with van der Waals surface area (Å²) in [5, 5.41) is 3.68. The zero-order chi connectivity index (χ0) is 13.9. The van der Waals surface area contributed by atoms with Crippen molar-refractivity contribution in [1.29, 1.82) is 0 Å². The van der Waals surface area contributed by atoms with Gasteiger partial charge in [0.05, 0.1) is 0 Å². The summed E-state index contributed by atoms with van der Waals surface area (Å²) in [5.74, 6) is 0.881. The lowest BCUT2D eigenvalue weighted by atomic mass is 10.0. The molecule has 2 rings (SSSR count). The molecule has 0 spiro atoms. The van der Waals surface area contributed by atoms with Crippen molar-refractivity contribution < 1.29 is 0 Å². The minimum Gasteiger partial charge on any atom is -0.341 e. The number of aryl methyl sites for hydroxylation is 1. The van der Waals surface area contributed by atoms with E-state index in [0.717, 1.165) is 38.3 Å². The van der Waals surface area contributed by atoms with E-state index in [2.05, 4.69) is 47.9 Å². The quantitative estimate of drug-likeness (QED) is 0.908. The van der Waals surface area contributed by atoms with Gasteiger partial charge < -0.3 is 10.2 Å². The third-order valence-electron chi connectivity index (χ3n) is 3.51. The molecule has 0 saturated carbocycles. The van der Waals surface area contributed by atoms with Gasteiger partial charge in [-0.25, -0.2) is 9.97 Å². The Hall–Kier alpha value is -1.16. The van der Waals surface area contributed by atoms with Gasteiger partial charge in [0.2, 0.25) is 5.95 Å². The predicted octanol–water partition coefficient (Wildman–Crippen LogP) is 2.40. The van der Waals surface area contributed by atoms with E-state index in [1.807, 2.05) is 12.4 Å². The van der Waals surface area contributed by atoms with Crippen LogP contribution in [0.5, 0.6) is 0 Å². The maximum absolute atomic E-state index is 4.47. The number of rotatable bonds is 3. The summed E-state index contributed by atoms with van der Waals surface area (Å²) in [6.07, 6.45) is 7.22. The molecule has 1 fully saturated rings. The number of nitrogens with one attached hydrogen (secondary N) is 1. The largest absolute Gasteiger partial charge is 0.341 e. The Morgan fingerprint density at radius 1 is 1.21 bits per heavy atom. The van der Waals surface area contributed by atoms with E-state index in [4.69, 9.17) is 0 Å². The lowest BCUT2D eigenvalue weighted by molar-refractivity contribution is 0.316. The fourth-order valence-corrected chi connectivity index (χ4v) is 2.53. The molecule has 0 unspecified atom stereocenters. The highest BCUT2D eigenvalue weighted by molar-refractivity contribution is 5.30. The Morgan fingerprint density at radius 2 is 1.79 bits per heavy atom. The smallest absolute Gasteiger partial charge is 0.225 e. The highest BCUT2D eigenvalue weighted by atomic mass is 15.3. The Labute approximate surface area is 116 Å². The Morgan fingerprint density at radius 3 is 2.26 bits per heavy atom. The van der Waals surface area contributed by atoms with Crippen molar-refractivity contribution in [3.05, 3.63) is 18.0 Å². The van der Waals surface area contributed by atoms with E-state index in [1.54, 1.807) is 0 Å². The van der Waals surface area contributed by atoms with Crippen LogP contribution in [0.2, 0.25) is 0 Å². The summed E-state index contributed by atoms with van der Waals surface area (Å²) in [6, 6.07) is 0.617. The van der Waals surface area contributed by atoms with Crippen LogP contribution in [-0.2, 0) is 6.42 Å². The van der Waals surface area contributed by atoms with Crippen molar-refractivity contribution in [2.45, 2.75) is 58.5 Å². The van der Waals surface area contributed by atoms with Crippen LogP contribution in [0, 0.1) is 0 Å². The summed E-state index contributed by atoms with van der Waals surface area (Å²) in [4.78, 5) is 11.2. The molecule has 2 heterocycles. The molecule has 1 aromatic rings. The Balaban J connectivity index is 1.88. The number of hydrogen-bond donors (Lipinski definition) is 1. The van der Waals surface area contributed by atoms with Gasteiger partial charge in [-0.05, 0) is 45.6 Å². The summed E-state index contributed by atoms with van der Waals surface area (Å²) in [5.41, 5.74) is 1.40. The van der Waals surface area contributed by atoms with Crippen LogP contribution < -0.4 is 10.2 Å². The van der Waals surface area contributed by atoms with Crippen molar-refractivity contribution >= 4 is 5.95 Å². The van der Waals surface area contributed by atoms with Gasteiger partial charge in [-0.15, -0.1) is 0 Å². The molecule has 1 aliphatic rings. The van der Waals surface area contributed by atoms with Crippen molar-refractivity contribution in [1.82, 2.24) is 15.3 Å². The van der Waals surface area contributed by atoms with E-state index in [9.17, 15) is 0 Å². The van der Waals surface area contributed by atoms with Gasteiger partial charge in [0.1, 0.15) is 0 Å². The van der Waals surface area contributed by atoms with Gasteiger partial charge in [0.25, 0.3) is 0 Å². The van der Waals surface area contributed by atoms with Crippen LogP contribution >= 0.6 is 0 Å².